The number of benzene rings is 2. The van der Waals surface area contributed by atoms with E-state index in [2.05, 4.69) is 15.9 Å². The van der Waals surface area contributed by atoms with Crippen LogP contribution >= 0.6 is 27.5 Å². The highest BCUT2D eigenvalue weighted by molar-refractivity contribution is 9.10. The second-order valence-electron chi connectivity index (χ2n) is 4.73. The van der Waals surface area contributed by atoms with E-state index in [0.29, 0.717) is 5.02 Å². The SMILES string of the molecule is CC(C)(O)c1cc(Br)ccc1-c1ccccc1Cl. The van der Waals surface area contributed by atoms with Gasteiger partial charge in [-0.3, -0.25) is 0 Å². The largest absolute Gasteiger partial charge is 0.386 e. The van der Waals surface area contributed by atoms with E-state index >= 15 is 0 Å². The third kappa shape index (κ3) is 2.77. The van der Waals surface area contributed by atoms with Gasteiger partial charge in [-0.1, -0.05) is 51.8 Å². The van der Waals surface area contributed by atoms with Crippen LogP contribution < -0.4 is 0 Å². The summed E-state index contributed by atoms with van der Waals surface area (Å²) < 4.78 is 0.940. The third-order valence-electron chi connectivity index (χ3n) is 2.80. The zero-order valence-corrected chi connectivity index (χ0v) is 12.6. The van der Waals surface area contributed by atoms with Gasteiger partial charge in [-0.05, 0) is 43.2 Å². The fraction of sp³-hybridized carbons (Fsp3) is 0.200. The van der Waals surface area contributed by atoms with Crippen LogP contribution in [-0.2, 0) is 5.60 Å². The Morgan fingerprint density at radius 2 is 1.72 bits per heavy atom. The van der Waals surface area contributed by atoms with Crippen molar-refractivity contribution >= 4 is 27.5 Å². The van der Waals surface area contributed by atoms with Crippen LogP contribution in [0.25, 0.3) is 11.1 Å². The van der Waals surface area contributed by atoms with Crippen molar-refractivity contribution in [2.24, 2.45) is 0 Å². The molecule has 1 N–H and O–H groups in total. The average molecular weight is 326 g/mol. The summed E-state index contributed by atoms with van der Waals surface area (Å²) >= 11 is 9.66. The third-order valence-corrected chi connectivity index (χ3v) is 3.63. The van der Waals surface area contributed by atoms with E-state index < -0.39 is 5.60 Å². The molecule has 0 amide bonds. The Labute approximate surface area is 121 Å². The normalized spacial score (nSPS) is 11.6. The summed E-state index contributed by atoms with van der Waals surface area (Å²) in [6.07, 6.45) is 0. The summed E-state index contributed by atoms with van der Waals surface area (Å²) in [7, 11) is 0. The van der Waals surface area contributed by atoms with E-state index in [1.807, 2.05) is 42.5 Å². The maximum Gasteiger partial charge on any atom is 0.0846 e. The molecule has 0 aliphatic rings. The van der Waals surface area contributed by atoms with Gasteiger partial charge < -0.3 is 5.11 Å². The summed E-state index contributed by atoms with van der Waals surface area (Å²) in [6, 6.07) is 13.5. The first-order chi connectivity index (χ1) is 8.39. The average Bonchev–Trinajstić information content (AvgIpc) is 2.29. The summed E-state index contributed by atoms with van der Waals surface area (Å²) in [5, 5.41) is 11.0. The Kier molecular flexibility index (Phi) is 3.81. The van der Waals surface area contributed by atoms with Gasteiger partial charge in [-0.2, -0.15) is 0 Å². The highest BCUT2D eigenvalue weighted by Gasteiger charge is 2.21. The van der Waals surface area contributed by atoms with Crippen molar-refractivity contribution in [2.75, 3.05) is 0 Å². The number of hydrogen-bond acceptors (Lipinski definition) is 1. The highest BCUT2D eigenvalue weighted by atomic mass is 79.9. The van der Waals surface area contributed by atoms with Crippen molar-refractivity contribution in [1.29, 1.82) is 0 Å². The fourth-order valence-corrected chi connectivity index (χ4v) is 2.54. The van der Waals surface area contributed by atoms with Crippen molar-refractivity contribution in [1.82, 2.24) is 0 Å². The van der Waals surface area contributed by atoms with E-state index in [1.165, 1.54) is 0 Å². The smallest absolute Gasteiger partial charge is 0.0846 e. The lowest BCUT2D eigenvalue weighted by Gasteiger charge is -2.22. The number of rotatable bonds is 2. The maximum atomic E-state index is 10.3. The van der Waals surface area contributed by atoms with Gasteiger partial charge in [0.25, 0.3) is 0 Å². The summed E-state index contributed by atoms with van der Waals surface area (Å²) in [5.41, 5.74) is 1.82. The number of halogens is 2. The lowest BCUT2D eigenvalue weighted by Crippen LogP contribution is -2.16. The topological polar surface area (TPSA) is 20.2 Å². The molecular formula is C15H14BrClO. The molecule has 2 aromatic rings. The van der Waals surface area contributed by atoms with E-state index in [9.17, 15) is 5.11 Å². The molecule has 2 rings (SSSR count). The Morgan fingerprint density at radius 3 is 2.33 bits per heavy atom. The molecule has 0 heterocycles. The van der Waals surface area contributed by atoms with Crippen molar-refractivity contribution in [3.05, 3.63) is 57.5 Å². The second-order valence-corrected chi connectivity index (χ2v) is 6.05. The van der Waals surface area contributed by atoms with E-state index in [0.717, 1.165) is 21.2 Å². The Morgan fingerprint density at radius 1 is 1.06 bits per heavy atom. The standard InChI is InChI=1S/C15H14BrClO/c1-15(2,18)13-9-10(16)7-8-11(13)12-5-3-4-6-14(12)17/h3-9,18H,1-2H3. The molecule has 0 aromatic heterocycles. The van der Waals surface area contributed by atoms with Gasteiger partial charge in [0.15, 0.2) is 0 Å². The van der Waals surface area contributed by atoms with Gasteiger partial charge in [-0.15, -0.1) is 0 Å². The minimum absolute atomic E-state index is 0.685. The van der Waals surface area contributed by atoms with Crippen LogP contribution in [-0.4, -0.2) is 5.11 Å². The van der Waals surface area contributed by atoms with Crippen molar-refractivity contribution in [3.63, 3.8) is 0 Å². The van der Waals surface area contributed by atoms with Crippen LogP contribution in [0.2, 0.25) is 5.02 Å². The van der Waals surface area contributed by atoms with E-state index in [-0.39, 0.29) is 0 Å². The Balaban J connectivity index is 2.69. The lowest BCUT2D eigenvalue weighted by atomic mass is 9.89. The molecule has 0 radical (unpaired) electrons. The number of hydrogen-bond donors (Lipinski definition) is 1. The van der Waals surface area contributed by atoms with Crippen molar-refractivity contribution < 1.29 is 5.11 Å². The Bertz CT molecular complexity index is 573. The molecule has 0 fully saturated rings. The van der Waals surface area contributed by atoms with Crippen LogP contribution in [0.1, 0.15) is 19.4 Å². The Hall–Kier alpha value is -0.830. The lowest BCUT2D eigenvalue weighted by molar-refractivity contribution is 0.0791. The van der Waals surface area contributed by atoms with Gasteiger partial charge in [0.1, 0.15) is 0 Å². The molecule has 0 saturated heterocycles. The van der Waals surface area contributed by atoms with E-state index in [1.54, 1.807) is 13.8 Å². The first kappa shape index (κ1) is 13.6. The zero-order chi connectivity index (χ0) is 13.3. The zero-order valence-electron chi connectivity index (χ0n) is 10.2. The molecule has 3 heteroatoms. The summed E-state index contributed by atoms with van der Waals surface area (Å²) in [6.45, 7) is 3.55. The minimum Gasteiger partial charge on any atom is -0.386 e. The maximum absolute atomic E-state index is 10.3. The molecule has 0 unspecified atom stereocenters. The highest BCUT2D eigenvalue weighted by Crippen LogP contribution is 2.36. The molecule has 0 aliphatic heterocycles. The molecular weight excluding hydrogens is 312 g/mol. The fourth-order valence-electron chi connectivity index (χ4n) is 1.94. The van der Waals surface area contributed by atoms with Gasteiger partial charge in [0.05, 0.1) is 5.60 Å². The van der Waals surface area contributed by atoms with Gasteiger partial charge in [0, 0.05) is 15.1 Å². The van der Waals surface area contributed by atoms with Crippen molar-refractivity contribution in [2.45, 2.75) is 19.4 Å². The van der Waals surface area contributed by atoms with Gasteiger partial charge in [0.2, 0.25) is 0 Å². The molecule has 0 aliphatic carbocycles. The second kappa shape index (κ2) is 5.04. The quantitative estimate of drug-likeness (QED) is 0.824. The van der Waals surface area contributed by atoms with Gasteiger partial charge in [-0.25, -0.2) is 0 Å². The molecule has 0 atom stereocenters. The van der Waals surface area contributed by atoms with Crippen LogP contribution in [0.4, 0.5) is 0 Å². The van der Waals surface area contributed by atoms with Crippen LogP contribution in [0.3, 0.4) is 0 Å². The van der Waals surface area contributed by atoms with Crippen LogP contribution in [0.5, 0.6) is 0 Å². The minimum atomic E-state index is -0.918. The molecule has 0 bridgehead atoms. The molecule has 0 saturated carbocycles. The molecule has 2 aromatic carbocycles. The molecule has 1 nitrogen and oxygen atoms in total. The van der Waals surface area contributed by atoms with Crippen molar-refractivity contribution in [3.8, 4) is 11.1 Å². The summed E-state index contributed by atoms with van der Waals surface area (Å²) in [5.74, 6) is 0. The molecule has 0 spiro atoms. The summed E-state index contributed by atoms with van der Waals surface area (Å²) in [4.78, 5) is 0. The van der Waals surface area contributed by atoms with Crippen LogP contribution in [0.15, 0.2) is 46.9 Å². The predicted octanol–water partition coefficient (Wildman–Crippen LogP) is 5.00. The first-order valence-corrected chi connectivity index (χ1v) is 6.84. The first-order valence-electron chi connectivity index (χ1n) is 5.67. The predicted molar refractivity (Wildman–Crippen MR) is 79.8 cm³/mol. The molecule has 94 valence electrons. The van der Waals surface area contributed by atoms with Gasteiger partial charge >= 0.3 is 0 Å². The van der Waals surface area contributed by atoms with E-state index in [4.69, 9.17) is 11.6 Å². The number of aliphatic hydroxyl groups is 1. The monoisotopic (exact) mass is 324 g/mol. The molecule has 18 heavy (non-hydrogen) atoms. The van der Waals surface area contributed by atoms with Crippen LogP contribution in [0, 0.1) is 0 Å².